The van der Waals surface area contributed by atoms with Crippen LogP contribution in [0.1, 0.15) is 17.0 Å². The van der Waals surface area contributed by atoms with Crippen LogP contribution in [0.5, 0.6) is 11.5 Å². The summed E-state index contributed by atoms with van der Waals surface area (Å²) in [5.74, 6) is 2.21. The van der Waals surface area contributed by atoms with E-state index in [2.05, 4.69) is 26.6 Å². The third-order valence-corrected chi connectivity index (χ3v) is 3.40. The lowest BCUT2D eigenvalue weighted by molar-refractivity contribution is 0.171. The predicted molar refractivity (Wildman–Crippen MR) is 78.9 cm³/mol. The second kappa shape index (κ2) is 5.95. The highest BCUT2D eigenvalue weighted by atomic mass is 16.6. The average Bonchev–Trinajstić information content (AvgIpc) is 2.51. The van der Waals surface area contributed by atoms with Crippen LogP contribution in [0.2, 0.25) is 0 Å². The second-order valence-electron chi connectivity index (χ2n) is 4.96. The van der Waals surface area contributed by atoms with Crippen molar-refractivity contribution in [2.75, 3.05) is 25.1 Å². The minimum absolute atomic E-state index is 0.565. The minimum atomic E-state index is 0.565. The van der Waals surface area contributed by atoms with E-state index in [9.17, 15) is 0 Å². The van der Waals surface area contributed by atoms with Gasteiger partial charge in [-0.2, -0.15) is 5.10 Å². The van der Waals surface area contributed by atoms with Crippen molar-refractivity contribution >= 4 is 5.95 Å². The Kier molecular flexibility index (Phi) is 3.85. The van der Waals surface area contributed by atoms with E-state index in [1.165, 1.54) is 5.56 Å². The summed E-state index contributed by atoms with van der Waals surface area (Å²) in [6, 6.07) is 6.03. The molecule has 1 N–H and O–H groups in total. The number of nitrogens with zero attached hydrogens (tertiary/aromatic N) is 3. The first-order chi connectivity index (χ1) is 10.2. The van der Waals surface area contributed by atoms with Gasteiger partial charge in [0.15, 0.2) is 11.5 Å². The largest absolute Gasteiger partial charge is 0.486 e. The SMILES string of the molecule is Cc1nnc(NCCc2ccc3c(c2)OCCO3)nc1C. The van der Waals surface area contributed by atoms with Crippen molar-refractivity contribution in [2.45, 2.75) is 20.3 Å². The topological polar surface area (TPSA) is 69.2 Å². The second-order valence-corrected chi connectivity index (χ2v) is 4.96. The summed E-state index contributed by atoms with van der Waals surface area (Å²) in [5.41, 5.74) is 2.93. The summed E-state index contributed by atoms with van der Waals surface area (Å²) in [7, 11) is 0. The monoisotopic (exact) mass is 286 g/mol. The van der Waals surface area contributed by atoms with Crippen molar-refractivity contribution in [2.24, 2.45) is 0 Å². The van der Waals surface area contributed by atoms with Crippen LogP contribution in [0, 0.1) is 13.8 Å². The molecule has 0 unspecified atom stereocenters. The summed E-state index contributed by atoms with van der Waals surface area (Å²) in [6.45, 7) is 5.79. The minimum Gasteiger partial charge on any atom is -0.486 e. The van der Waals surface area contributed by atoms with E-state index in [1.807, 2.05) is 26.0 Å². The zero-order valence-corrected chi connectivity index (χ0v) is 12.2. The molecule has 0 spiro atoms. The van der Waals surface area contributed by atoms with Crippen molar-refractivity contribution in [3.05, 3.63) is 35.2 Å². The fourth-order valence-electron chi connectivity index (χ4n) is 2.09. The van der Waals surface area contributed by atoms with E-state index in [-0.39, 0.29) is 0 Å². The summed E-state index contributed by atoms with van der Waals surface area (Å²) in [6.07, 6.45) is 0.854. The number of hydrogen-bond donors (Lipinski definition) is 1. The molecule has 0 amide bonds. The molecule has 21 heavy (non-hydrogen) atoms. The molecule has 2 aromatic rings. The van der Waals surface area contributed by atoms with E-state index < -0.39 is 0 Å². The predicted octanol–water partition coefficient (Wildman–Crippen LogP) is 1.91. The van der Waals surface area contributed by atoms with Gasteiger partial charge in [0.1, 0.15) is 13.2 Å². The molecule has 0 radical (unpaired) electrons. The average molecular weight is 286 g/mol. The molecular formula is C15H18N4O2. The Morgan fingerprint density at radius 1 is 1.05 bits per heavy atom. The van der Waals surface area contributed by atoms with Crippen molar-refractivity contribution in [1.29, 1.82) is 0 Å². The lowest BCUT2D eigenvalue weighted by atomic mass is 10.1. The van der Waals surface area contributed by atoms with Gasteiger partial charge in [-0.1, -0.05) is 6.07 Å². The van der Waals surface area contributed by atoms with Gasteiger partial charge in [0.05, 0.1) is 11.4 Å². The van der Waals surface area contributed by atoms with E-state index in [0.717, 1.165) is 35.9 Å². The molecule has 0 bridgehead atoms. The van der Waals surface area contributed by atoms with Gasteiger partial charge in [0.2, 0.25) is 5.95 Å². The number of nitrogens with one attached hydrogen (secondary N) is 1. The van der Waals surface area contributed by atoms with E-state index in [0.29, 0.717) is 19.2 Å². The van der Waals surface area contributed by atoms with Crippen LogP contribution < -0.4 is 14.8 Å². The standard InChI is InChI=1S/C15H18N4O2/c1-10-11(2)18-19-15(17-10)16-6-5-12-3-4-13-14(9-12)21-8-7-20-13/h3-4,9H,5-8H2,1-2H3,(H,16,17,19). The molecule has 0 saturated heterocycles. The van der Waals surface area contributed by atoms with Gasteiger partial charge in [-0.05, 0) is 38.0 Å². The Bertz CT molecular complexity index is 646. The number of rotatable bonds is 4. The molecule has 0 aliphatic carbocycles. The molecule has 6 nitrogen and oxygen atoms in total. The molecule has 1 aromatic carbocycles. The van der Waals surface area contributed by atoms with Gasteiger partial charge < -0.3 is 14.8 Å². The molecule has 1 aliphatic rings. The van der Waals surface area contributed by atoms with E-state index in [4.69, 9.17) is 9.47 Å². The maximum Gasteiger partial charge on any atom is 0.242 e. The zero-order valence-electron chi connectivity index (χ0n) is 12.2. The Labute approximate surface area is 123 Å². The first-order valence-electron chi connectivity index (χ1n) is 7.03. The summed E-state index contributed by atoms with van der Waals surface area (Å²) >= 11 is 0. The fourth-order valence-corrected chi connectivity index (χ4v) is 2.09. The number of aryl methyl sites for hydroxylation is 2. The van der Waals surface area contributed by atoms with Crippen molar-refractivity contribution in [1.82, 2.24) is 15.2 Å². The molecule has 6 heteroatoms. The number of hydrogen-bond acceptors (Lipinski definition) is 6. The van der Waals surface area contributed by atoms with Crippen LogP contribution in [0.25, 0.3) is 0 Å². The van der Waals surface area contributed by atoms with Crippen LogP contribution >= 0.6 is 0 Å². The number of benzene rings is 1. The van der Waals surface area contributed by atoms with Gasteiger partial charge >= 0.3 is 0 Å². The van der Waals surface area contributed by atoms with Crippen LogP contribution in [0.15, 0.2) is 18.2 Å². The Hall–Kier alpha value is -2.37. The summed E-state index contributed by atoms with van der Waals surface area (Å²) in [5, 5.41) is 11.3. The molecular weight excluding hydrogens is 268 g/mol. The van der Waals surface area contributed by atoms with Crippen molar-refractivity contribution in [3.8, 4) is 11.5 Å². The maximum absolute atomic E-state index is 5.58. The number of ether oxygens (including phenoxy) is 2. The van der Waals surface area contributed by atoms with Crippen molar-refractivity contribution in [3.63, 3.8) is 0 Å². The molecule has 0 saturated carbocycles. The van der Waals surface area contributed by atoms with Gasteiger partial charge in [0.25, 0.3) is 0 Å². The maximum atomic E-state index is 5.58. The number of aromatic nitrogens is 3. The lowest BCUT2D eigenvalue weighted by Crippen LogP contribution is -2.15. The summed E-state index contributed by atoms with van der Waals surface area (Å²) in [4.78, 5) is 4.34. The Morgan fingerprint density at radius 3 is 2.67 bits per heavy atom. The number of anilines is 1. The highest BCUT2D eigenvalue weighted by molar-refractivity contribution is 5.44. The summed E-state index contributed by atoms with van der Waals surface area (Å²) < 4.78 is 11.1. The third-order valence-electron chi connectivity index (χ3n) is 3.40. The van der Waals surface area contributed by atoms with Crippen molar-refractivity contribution < 1.29 is 9.47 Å². The first-order valence-corrected chi connectivity index (χ1v) is 7.03. The molecule has 110 valence electrons. The van der Waals surface area contributed by atoms with Gasteiger partial charge in [-0.25, -0.2) is 4.98 Å². The van der Waals surface area contributed by atoms with Crippen LogP contribution in [-0.4, -0.2) is 34.9 Å². The Balaban J connectivity index is 1.58. The van der Waals surface area contributed by atoms with Gasteiger partial charge in [-0.15, -0.1) is 5.10 Å². The first kappa shape index (κ1) is 13.6. The van der Waals surface area contributed by atoms with Crippen LogP contribution in [0.3, 0.4) is 0 Å². The normalized spacial score (nSPS) is 13.0. The molecule has 2 heterocycles. The smallest absolute Gasteiger partial charge is 0.242 e. The van der Waals surface area contributed by atoms with Gasteiger partial charge in [0, 0.05) is 6.54 Å². The molecule has 0 fully saturated rings. The fraction of sp³-hybridized carbons (Fsp3) is 0.400. The van der Waals surface area contributed by atoms with Crippen LogP contribution in [0.4, 0.5) is 5.95 Å². The lowest BCUT2D eigenvalue weighted by Gasteiger charge is -2.18. The quantitative estimate of drug-likeness (QED) is 0.926. The Morgan fingerprint density at radius 2 is 1.86 bits per heavy atom. The molecule has 1 aliphatic heterocycles. The number of fused-ring (bicyclic) bond motifs is 1. The highest BCUT2D eigenvalue weighted by Gasteiger charge is 2.11. The molecule has 0 atom stereocenters. The third kappa shape index (κ3) is 3.21. The highest BCUT2D eigenvalue weighted by Crippen LogP contribution is 2.30. The molecule has 3 rings (SSSR count). The van der Waals surface area contributed by atoms with Crippen LogP contribution in [-0.2, 0) is 6.42 Å². The van der Waals surface area contributed by atoms with E-state index >= 15 is 0 Å². The molecule has 1 aromatic heterocycles. The van der Waals surface area contributed by atoms with Gasteiger partial charge in [-0.3, -0.25) is 0 Å². The zero-order chi connectivity index (χ0) is 14.7. The van der Waals surface area contributed by atoms with E-state index in [1.54, 1.807) is 0 Å².